The molecule has 1 nitrogen and oxygen atoms in total. The van der Waals surface area contributed by atoms with E-state index in [-0.39, 0.29) is 10.8 Å². The standard InChI is InChI=1S/C60H49N/c1-58(2)51(32-33-61-46-28-25-42(26-29-46)40-14-7-4-8-15-40)48(30-22-38-20-23-41(24-21-38)39-12-5-3-6-13-39)49-31-27-43(34-54(49)58)47-17-11-19-53-57(47)50-16-9-10-18-52(50)60(53)55-36-44-35-45-37-56(60)59(44,45)55/h3-34,44-45,55-56,61H,35-37H2,1-2H3/b30-22-,33-32+. The van der Waals surface area contributed by atoms with Gasteiger partial charge in [0.2, 0.25) is 0 Å². The highest BCUT2D eigenvalue weighted by atomic mass is 14.9. The SMILES string of the molecule is CC1(C)C(/C=C/Nc2ccc(-c3ccccc3)cc2)=C(/C=C\c2ccc(-c3ccccc3)cc2)c2ccc(-c3cccc4c3-c3ccccc3C43C4CC5CC6CC3C564)cc21. The van der Waals surface area contributed by atoms with E-state index in [2.05, 4.69) is 213 Å². The van der Waals surface area contributed by atoms with Crippen LogP contribution in [0.1, 0.15) is 60.9 Å². The van der Waals surface area contributed by atoms with Gasteiger partial charge in [0, 0.05) is 22.7 Å². The third kappa shape index (κ3) is 4.67. The Bertz CT molecular complexity index is 2980. The summed E-state index contributed by atoms with van der Waals surface area (Å²) in [5.41, 5.74) is 22.1. The molecular formula is C60H49N. The molecule has 1 heteroatoms. The van der Waals surface area contributed by atoms with Gasteiger partial charge in [0.05, 0.1) is 0 Å². The molecular weight excluding hydrogens is 735 g/mol. The highest BCUT2D eigenvalue weighted by molar-refractivity contribution is 5.96. The predicted molar refractivity (Wildman–Crippen MR) is 254 cm³/mol. The number of fused-ring (bicyclic) bond motifs is 8. The highest BCUT2D eigenvalue weighted by Gasteiger charge is 2.90. The van der Waals surface area contributed by atoms with Gasteiger partial charge in [-0.15, -0.1) is 0 Å². The van der Waals surface area contributed by atoms with E-state index in [4.69, 9.17) is 0 Å². The van der Waals surface area contributed by atoms with Crippen molar-refractivity contribution in [3.05, 3.63) is 222 Å². The molecule has 0 aliphatic heterocycles. The van der Waals surface area contributed by atoms with E-state index in [0.29, 0.717) is 5.41 Å². The van der Waals surface area contributed by atoms with Crippen LogP contribution in [0.25, 0.3) is 56.2 Å². The molecule has 294 valence electrons. The largest absolute Gasteiger partial charge is 0.362 e. The van der Waals surface area contributed by atoms with Crippen LogP contribution in [-0.4, -0.2) is 0 Å². The quantitative estimate of drug-likeness (QED) is 0.162. The average Bonchev–Trinajstić information content (AvgIpc) is 3.70. The minimum atomic E-state index is -0.221. The summed E-state index contributed by atoms with van der Waals surface area (Å²) in [7, 11) is 0. The van der Waals surface area contributed by atoms with Crippen LogP contribution >= 0.6 is 0 Å². The van der Waals surface area contributed by atoms with Gasteiger partial charge in [-0.3, -0.25) is 0 Å². The first-order valence-corrected chi connectivity index (χ1v) is 22.5. The summed E-state index contributed by atoms with van der Waals surface area (Å²) in [6, 6.07) is 63.1. The lowest BCUT2D eigenvalue weighted by molar-refractivity contribution is -0.412. The number of rotatable bonds is 8. The molecule has 1 N–H and O–H groups in total. The Kier molecular flexibility index (Phi) is 7.41. The van der Waals surface area contributed by atoms with Crippen LogP contribution in [0.2, 0.25) is 0 Å². The van der Waals surface area contributed by atoms with Gasteiger partial charge in [0.25, 0.3) is 0 Å². The minimum absolute atomic E-state index is 0.219. The van der Waals surface area contributed by atoms with Crippen molar-refractivity contribution in [2.24, 2.45) is 29.1 Å². The molecule has 6 aliphatic rings. The molecule has 4 fully saturated rings. The molecule has 0 aromatic heterocycles. The predicted octanol–water partition coefficient (Wildman–Crippen LogP) is 15.0. The van der Waals surface area contributed by atoms with Gasteiger partial charge in [0.15, 0.2) is 0 Å². The van der Waals surface area contributed by atoms with E-state index in [1.54, 1.807) is 11.1 Å². The van der Waals surface area contributed by atoms with Crippen LogP contribution in [-0.2, 0) is 10.8 Å². The maximum Gasteiger partial charge on any atom is 0.0380 e. The van der Waals surface area contributed by atoms with Gasteiger partial charge in [0.1, 0.15) is 0 Å². The van der Waals surface area contributed by atoms with Gasteiger partial charge < -0.3 is 5.32 Å². The van der Waals surface area contributed by atoms with Crippen molar-refractivity contribution in [2.45, 2.75) is 43.9 Å². The molecule has 6 aliphatic carbocycles. The normalized spacial score (nSPS) is 26.4. The fourth-order valence-electron chi connectivity index (χ4n) is 14.0. The average molecular weight is 784 g/mol. The molecule has 7 aromatic rings. The van der Waals surface area contributed by atoms with E-state index in [1.165, 1.54) is 91.6 Å². The lowest BCUT2D eigenvalue weighted by atomic mass is 9.11. The molecule has 4 atom stereocenters. The molecule has 0 radical (unpaired) electrons. The van der Waals surface area contributed by atoms with E-state index < -0.39 is 0 Å². The molecule has 2 spiro atoms. The maximum absolute atomic E-state index is 3.61. The fourth-order valence-corrected chi connectivity index (χ4v) is 14.0. The fraction of sp³-hybridized carbons (Fsp3) is 0.200. The zero-order valence-electron chi connectivity index (χ0n) is 34.9. The monoisotopic (exact) mass is 783 g/mol. The van der Waals surface area contributed by atoms with Gasteiger partial charge in [-0.05, 0) is 156 Å². The van der Waals surface area contributed by atoms with Crippen LogP contribution in [0, 0.1) is 29.1 Å². The maximum atomic E-state index is 3.61. The zero-order chi connectivity index (χ0) is 40.5. The van der Waals surface area contributed by atoms with Crippen LogP contribution in [0.4, 0.5) is 5.69 Å². The molecule has 0 amide bonds. The molecule has 4 unspecified atom stereocenters. The summed E-state index contributed by atoms with van der Waals surface area (Å²) < 4.78 is 0. The lowest BCUT2D eigenvalue weighted by Crippen LogP contribution is -2.88. The molecule has 4 saturated carbocycles. The van der Waals surface area contributed by atoms with Crippen LogP contribution in [0.5, 0.6) is 0 Å². The lowest BCUT2D eigenvalue weighted by Gasteiger charge is -2.92. The van der Waals surface area contributed by atoms with Crippen molar-refractivity contribution >= 4 is 17.3 Å². The van der Waals surface area contributed by atoms with E-state index in [0.717, 1.165) is 29.4 Å². The Hall–Kier alpha value is -6.44. The summed E-state index contributed by atoms with van der Waals surface area (Å²) in [5.74, 6) is 3.68. The Labute approximate surface area is 360 Å². The van der Waals surface area contributed by atoms with E-state index in [9.17, 15) is 0 Å². The second-order valence-electron chi connectivity index (χ2n) is 19.3. The second kappa shape index (κ2) is 12.8. The number of hydrogen-bond donors (Lipinski definition) is 1. The number of anilines is 1. The first kappa shape index (κ1) is 35.3. The summed E-state index contributed by atoms with van der Waals surface area (Å²) in [6.45, 7) is 4.82. The summed E-state index contributed by atoms with van der Waals surface area (Å²) in [5, 5.41) is 3.61. The highest BCUT2D eigenvalue weighted by Crippen LogP contribution is 2.95. The van der Waals surface area contributed by atoms with Crippen LogP contribution in [0.15, 0.2) is 194 Å². The molecule has 13 rings (SSSR count). The topological polar surface area (TPSA) is 12.0 Å². The van der Waals surface area contributed by atoms with Gasteiger partial charge in [-0.1, -0.05) is 178 Å². The molecule has 0 saturated heterocycles. The van der Waals surface area contributed by atoms with Crippen molar-refractivity contribution in [1.82, 2.24) is 0 Å². The second-order valence-corrected chi connectivity index (χ2v) is 19.3. The first-order valence-electron chi connectivity index (χ1n) is 22.5. The van der Waals surface area contributed by atoms with Gasteiger partial charge in [-0.25, -0.2) is 0 Å². The number of hydrogen-bond acceptors (Lipinski definition) is 1. The Morgan fingerprint density at radius 2 is 1.07 bits per heavy atom. The van der Waals surface area contributed by atoms with Crippen molar-refractivity contribution in [3.63, 3.8) is 0 Å². The molecule has 0 heterocycles. The van der Waals surface area contributed by atoms with Gasteiger partial charge in [-0.2, -0.15) is 0 Å². The van der Waals surface area contributed by atoms with Gasteiger partial charge >= 0.3 is 0 Å². The first-order chi connectivity index (χ1) is 30.0. The molecule has 0 bridgehead atoms. The van der Waals surface area contributed by atoms with Crippen LogP contribution < -0.4 is 5.32 Å². The number of benzene rings is 7. The Balaban J connectivity index is 0.873. The molecule has 61 heavy (non-hydrogen) atoms. The summed E-state index contributed by atoms with van der Waals surface area (Å²) in [4.78, 5) is 0. The van der Waals surface area contributed by atoms with E-state index >= 15 is 0 Å². The smallest absolute Gasteiger partial charge is 0.0380 e. The summed E-state index contributed by atoms with van der Waals surface area (Å²) in [6.07, 6.45) is 13.5. The molecule has 7 aromatic carbocycles. The minimum Gasteiger partial charge on any atom is -0.362 e. The number of nitrogens with one attached hydrogen (secondary N) is 1. The Morgan fingerprint density at radius 1 is 0.475 bits per heavy atom. The van der Waals surface area contributed by atoms with E-state index in [1.807, 2.05) is 0 Å². The van der Waals surface area contributed by atoms with Crippen molar-refractivity contribution in [3.8, 4) is 44.5 Å². The summed E-state index contributed by atoms with van der Waals surface area (Å²) >= 11 is 0. The van der Waals surface area contributed by atoms with Crippen LogP contribution in [0.3, 0.4) is 0 Å². The van der Waals surface area contributed by atoms with Crippen molar-refractivity contribution < 1.29 is 0 Å². The van der Waals surface area contributed by atoms with Crippen molar-refractivity contribution in [1.29, 1.82) is 0 Å². The van der Waals surface area contributed by atoms with Crippen molar-refractivity contribution in [2.75, 3.05) is 5.32 Å². The third-order valence-corrected chi connectivity index (χ3v) is 16.7. The number of allylic oxidation sites excluding steroid dienone is 4. The zero-order valence-corrected chi connectivity index (χ0v) is 34.9. The third-order valence-electron chi connectivity index (χ3n) is 16.7. The Morgan fingerprint density at radius 3 is 1.75 bits per heavy atom.